The van der Waals surface area contributed by atoms with Gasteiger partial charge in [-0.05, 0) is 35.4 Å². The molecule has 4 rings (SSSR count). The van der Waals surface area contributed by atoms with Gasteiger partial charge in [0.05, 0.1) is 11.3 Å². The Hall–Kier alpha value is -3.31. The van der Waals surface area contributed by atoms with Crippen LogP contribution in [0.1, 0.15) is 10.4 Å². The molecule has 0 N–H and O–H groups in total. The molecule has 0 fully saturated rings. The Labute approximate surface area is 171 Å². The van der Waals surface area contributed by atoms with Gasteiger partial charge in [0.15, 0.2) is 0 Å². The van der Waals surface area contributed by atoms with Crippen molar-refractivity contribution in [2.45, 2.75) is 0 Å². The zero-order valence-electron chi connectivity index (χ0n) is 14.7. The van der Waals surface area contributed by atoms with Crippen LogP contribution >= 0.6 is 15.9 Å². The molecule has 136 valence electrons. The summed E-state index contributed by atoms with van der Waals surface area (Å²) in [5, 5.41) is 8.20. The molecule has 28 heavy (non-hydrogen) atoms. The highest BCUT2D eigenvalue weighted by Gasteiger charge is 2.10. The minimum Gasteiger partial charge on any atom is -0.402 e. The van der Waals surface area contributed by atoms with Crippen LogP contribution in [-0.4, -0.2) is 16.2 Å². The highest BCUT2D eigenvalue weighted by Crippen LogP contribution is 2.24. The second-order valence-corrected chi connectivity index (χ2v) is 7.02. The number of esters is 1. The van der Waals surface area contributed by atoms with E-state index in [1.54, 1.807) is 30.3 Å². The Balaban J connectivity index is 1.48. The Morgan fingerprint density at radius 1 is 0.714 bits per heavy atom. The lowest BCUT2D eigenvalue weighted by Crippen LogP contribution is -2.09. The fourth-order valence-corrected chi connectivity index (χ4v) is 3.16. The fraction of sp³-hybridized carbons (Fsp3) is 0. The molecule has 0 radical (unpaired) electrons. The summed E-state index contributed by atoms with van der Waals surface area (Å²) in [7, 11) is 0. The van der Waals surface area contributed by atoms with Crippen molar-refractivity contribution < 1.29 is 9.53 Å². The van der Waals surface area contributed by atoms with Crippen LogP contribution in [0.2, 0.25) is 0 Å². The van der Waals surface area contributed by atoms with Gasteiger partial charge in [0, 0.05) is 16.1 Å². The molecule has 0 spiro atoms. The molecule has 1 aromatic heterocycles. The zero-order chi connectivity index (χ0) is 19.3. The molecule has 4 aromatic rings. The highest BCUT2D eigenvalue weighted by molar-refractivity contribution is 9.10. The summed E-state index contributed by atoms with van der Waals surface area (Å²) in [4.78, 5) is 12.2. The van der Waals surface area contributed by atoms with Crippen molar-refractivity contribution in [2.24, 2.45) is 0 Å². The Bertz CT molecular complexity index is 1100. The first-order valence-corrected chi connectivity index (χ1v) is 9.46. The highest BCUT2D eigenvalue weighted by atomic mass is 79.9. The first-order valence-electron chi connectivity index (χ1n) is 8.66. The van der Waals surface area contributed by atoms with Gasteiger partial charge >= 0.3 is 5.97 Å². The lowest BCUT2D eigenvalue weighted by atomic mass is 10.0. The third-order valence-electron chi connectivity index (χ3n) is 4.19. The van der Waals surface area contributed by atoms with Crippen LogP contribution in [0, 0.1) is 0 Å². The van der Waals surface area contributed by atoms with Crippen molar-refractivity contribution in [1.29, 1.82) is 0 Å². The molecule has 1 heterocycles. The van der Waals surface area contributed by atoms with Gasteiger partial charge in [-0.15, -0.1) is 10.2 Å². The predicted molar refractivity (Wildman–Crippen MR) is 112 cm³/mol. The van der Waals surface area contributed by atoms with Crippen molar-refractivity contribution >= 4 is 21.9 Å². The van der Waals surface area contributed by atoms with Gasteiger partial charge in [-0.3, -0.25) is 0 Å². The molecule has 0 aliphatic carbocycles. The SMILES string of the molecule is O=C(Oc1ccc(-c2ccc(-c3ccccc3)cc2)nn1)c1cccc(Br)c1. The van der Waals surface area contributed by atoms with E-state index in [-0.39, 0.29) is 5.88 Å². The normalized spacial score (nSPS) is 10.5. The van der Waals surface area contributed by atoms with Gasteiger partial charge in [-0.25, -0.2) is 4.79 Å². The maximum Gasteiger partial charge on any atom is 0.344 e. The van der Waals surface area contributed by atoms with E-state index < -0.39 is 5.97 Å². The van der Waals surface area contributed by atoms with E-state index in [2.05, 4.69) is 38.3 Å². The van der Waals surface area contributed by atoms with Gasteiger partial charge in [0.1, 0.15) is 0 Å². The number of ether oxygens (including phenoxy) is 1. The van der Waals surface area contributed by atoms with Crippen molar-refractivity contribution in [1.82, 2.24) is 10.2 Å². The first kappa shape index (κ1) is 18.1. The number of nitrogens with zero attached hydrogens (tertiary/aromatic N) is 2. The molecule has 0 unspecified atom stereocenters. The number of carbonyl (C=O) groups excluding carboxylic acids is 1. The molecule has 0 amide bonds. The number of halogens is 1. The number of benzene rings is 3. The average molecular weight is 431 g/mol. The molecule has 3 aromatic carbocycles. The van der Waals surface area contributed by atoms with Crippen LogP contribution in [0.25, 0.3) is 22.4 Å². The van der Waals surface area contributed by atoms with E-state index in [4.69, 9.17) is 4.74 Å². The van der Waals surface area contributed by atoms with Crippen LogP contribution < -0.4 is 4.74 Å². The van der Waals surface area contributed by atoms with E-state index in [0.29, 0.717) is 11.3 Å². The largest absolute Gasteiger partial charge is 0.402 e. The Kier molecular flexibility index (Phi) is 5.26. The smallest absolute Gasteiger partial charge is 0.344 e. The Morgan fingerprint density at radius 2 is 1.43 bits per heavy atom. The minimum atomic E-state index is -0.476. The molecule has 0 saturated heterocycles. The van der Waals surface area contributed by atoms with Gasteiger partial charge in [-0.2, -0.15) is 0 Å². The van der Waals surface area contributed by atoms with Crippen molar-refractivity contribution in [3.63, 3.8) is 0 Å². The summed E-state index contributed by atoms with van der Waals surface area (Å²) < 4.78 is 6.10. The second kappa shape index (κ2) is 8.15. The molecule has 5 heteroatoms. The summed E-state index contributed by atoms with van der Waals surface area (Å²) in [6.45, 7) is 0. The van der Waals surface area contributed by atoms with Gasteiger partial charge in [0.2, 0.25) is 5.88 Å². The van der Waals surface area contributed by atoms with E-state index >= 15 is 0 Å². The molecule has 0 saturated carbocycles. The summed E-state index contributed by atoms with van der Waals surface area (Å²) in [5.74, 6) is -0.315. The number of carbonyl (C=O) groups is 1. The molecule has 0 aliphatic heterocycles. The monoisotopic (exact) mass is 430 g/mol. The maximum atomic E-state index is 12.2. The third kappa shape index (κ3) is 4.15. The predicted octanol–water partition coefficient (Wildman–Crippen LogP) is 5.79. The number of aromatic nitrogens is 2. The molecule has 4 nitrogen and oxygen atoms in total. The summed E-state index contributed by atoms with van der Waals surface area (Å²) in [6, 6.07) is 28.7. The lowest BCUT2D eigenvalue weighted by Gasteiger charge is -2.06. The molecule has 0 aliphatic rings. The topological polar surface area (TPSA) is 52.1 Å². The lowest BCUT2D eigenvalue weighted by molar-refractivity contribution is 0.0726. The van der Waals surface area contributed by atoms with Gasteiger partial charge < -0.3 is 4.74 Å². The van der Waals surface area contributed by atoms with Crippen LogP contribution in [0.15, 0.2) is 95.5 Å². The second-order valence-electron chi connectivity index (χ2n) is 6.10. The summed E-state index contributed by atoms with van der Waals surface area (Å²) in [5.41, 5.74) is 4.39. The van der Waals surface area contributed by atoms with Gasteiger partial charge in [0.25, 0.3) is 0 Å². The van der Waals surface area contributed by atoms with Crippen LogP contribution in [0.5, 0.6) is 5.88 Å². The van der Waals surface area contributed by atoms with Crippen molar-refractivity contribution in [3.05, 3.63) is 101 Å². The molecule has 0 atom stereocenters. The van der Waals surface area contributed by atoms with Crippen LogP contribution in [0.4, 0.5) is 0 Å². The number of hydrogen-bond acceptors (Lipinski definition) is 4. The minimum absolute atomic E-state index is 0.162. The molecule has 0 bridgehead atoms. The standard InChI is InChI=1S/C23H15BrN2O2/c24-20-8-4-7-19(15-20)23(27)28-22-14-13-21(25-26-22)18-11-9-17(10-12-18)16-5-2-1-3-6-16/h1-15H. The third-order valence-corrected chi connectivity index (χ3v) is 4.68. The fourth-order valence-electron chi connectivity index (χ4n) is 2.76. The number of rotatable bonds is 4. The Morgan fingerprint density at radius 3 is 2.11 bits per heavy atom. The van der Waals surface area contributed by atoms with E-state index in [1.807, 2.05) is 48.5 Å². The molecular weight excluding hydrogens is 416 g/mol. The van der Waals surface area contributed by atoms with Crippen LogP contribution in [-0.2, 0) is 0 Å². The zero-order valence-corrected chi connectivity index (χ0v) is 16.3. The maximum absolute atomic E-state index is 12.2. The van der Waals surface area contributed by atoms with E-state index in [9.17, 15) is 4.79 Å². The van der Waals surface area contributed by atoms with E-state index in [0.717, 1.165) is 21.2 Å². The average Bonchev–Trinajstić information content (AvgIpc) is 2.75. The van der Waals surface area contributed by atoms with E-state index in [1.165, 1.54) is 0 Å². The van der Waals surface area contributed by atoms with Crippen molar-refractivity contribution in [3.8, 4) is 28.3 Å². The number of hydrogen-bond donors (Lipinski definition) is 0. The summed E-state index contributed by atoms with van der Waals surface area (Å²) in [6.07, 6.45) is 0. The quantitative estimate of drug-likeness (QED) is 0.384. The van der Waals surface area contributed by atoms with Gasteiger partial charge in [-0.1, -0.05) is 76.6 Å². The molecular formula is C23H15BrN2O2. The first-order chi connectivity index (χ1) is 13.7. The summed E-state index contributed by atoms with van der Waals surface area (Å²) >= 11 is 3.34. The van der Waals surface area contributed by atoms with Crippen LogP contribution in [0.3, 0.4) is 0 Å². The van der Waals surface area contributed by atoms with Crippen molar-refractivity contribution in [2.75, 3.05) is 0 Å².